The van der Waals surface area contributed by atoms with E-state index in [0.29, 0.717) is 11.8 Å². The zero-order chi connectivity index (χ0) is 11.3. The van der Waals surface area contributed by atoms with Crippen LogP contribution in [0.25, 0.3) is 0 Å². The molecule has 0 spiro atoms. The summed E-state index contributed by atoms with van der Waals surface area (Å²) >= 11 is 0. The summed E-state index contributed by atoms with van der Waals surface area (Å²) in [7, 11) is 0. The van der Waals surface area contributed by atoms with Crippen LogP contribution < -0.4 is 0 Å². The van der Waals surface area contributed by atoms with Crippen molar-refractivity contribution in [3.63, 3.8) is 0 Å². The minimum atomic E-state index is -4.44. The Bertz CT molecular complexity index is 397. The van der Waals surface area contributed by atoms with Gasteiger partial charge in [0.1, 0.15) is 12.0 Å². The number of aldehydes is 1. The highest BCUT2D eigenvalue weighted by molar-refractivity contribution is 5.54. The molecule has 0 aromatic carbocycles. The molecule has 0 fully saturated rings. The minimum absolute atomic E-state index is 0.0566. The van der Waals surface area contributed by atoms with E-state index in [9.17, 15) is 18.0 Å². The smallest absolute Gasteiger partial charge is 0.302 e. The molecule has 0 saturated carbocycles. The summed E-state index contributed by atoms with van der Waals surface area (Å²) < 4.78 is 36.2. The Morgan fingerprint density at radius 3 is 2.60 bits per heavy atom. The van der Waals surface area contributed by atoms with Gasteiger partial charge in [-0.1, -0.05) is 11.8 Å². The van der Waals surface area contributed by atoms with E-state index in [4.69, 9.17) is 0 Å². The van der Waals surface area contributed by atoms with Crippen LogP contribution in [0.15, 0.2) is 18.3 Å². The summed E-state index contributed by atoms with van der Waals surface area (Å²) in [4.78, 5) is 13.1. The van der Waals surface area contributed by atoms with Gasteiger partial charge in [-0.05, 0) is 12.1 Å². The number of pyridine rings is 1. The van der Waals surface area contributed by atoms with Crippen LogP contribution in [0.2, 0.25) is 0 Å². The SMILES string of the molecule is O=CCC#Cc1ccc(C(F)(F)F)nc1. The highest BCUT2D eigenvalue weighted by Gasteiger charge is 2.31. The van der Waals surface area contributed by atoms with E-state index in [1.807, 2.05) is 0 Å². The average molecular weight is 213 g/mol. The normalized spacial score (nSPS) is 10.3. The van der Waals surface area contributed by atoms with Gasteiger partial charge >= 0.3 is 6.18 Å². The van der Waals surface area contributed by atoms with E-state index >= 15 is 0 Å². The monoisotopic (exact) mass is 213 g/mol. The number of carbonyl (C=O) groups excluding carboxylic acids is 1. The quantitative estimate of drug-likeness (QED) is 0.527. The van der Waals surface area contributed by atoms with Crippen LogP contribution in [-0.4, -0.2) is 11.3 Å². The first-order chi connectivity index (χ1) is 7.04. The van der Waals surface area contributed by atoms with Gasteiger partial charge < -0.3 is 4.79 Å². The fourth-order valence-electron chi connectivity index (χ4n) is 0.830. The molecule has 5 heteroatoms. The number of hydrogen-bond donors (Lipinski definition) is 0. The Labute approximate surface area is 84.1 Å². The highest BCUT2D eigenvalue weighted by Crippen LogP contribution is 2.26. The zero-order valence-electron chi connectivity index (χ0n) is 7.51. The van der Waals surface area contributed by atoms with E-state index in [0.717, 1.165) is 12.3 Å². The van der Waals surface area contributed by atoms with Crippen molar-refractivity contribution < 1.29 is 18.0 Å². The topological polar surface area (TPSA) is 30.0 Å². The van der Waals surface area contributed by atoms with Gasteiger partial charge in [-0.3, -0.25) is 4.98 Å². The molecule has 1 aromatic heterocycles. The number of aromatic nitrogens is 1. The fourth-order valence-corrected chi connectivity index (χ4v) is 0.830. The van der Waals surface area contributed by atoms with E-state index in [2.05, 4.69) is 16.8 Å². The van der Waals surface area contributed by atoms with Crippen molar-refractivity contribution in [3.05, 3.63) is 29.6 Å². The standard InChI is InChI=1S/C10H6F3NO/c11-10(12,13)9-5-4-8(7-14-9)3-1-2-6-15/h4-7H,2H2. The molecule has 15 heavy (non-hydrogen) atoms. The molecular formula is C10H6F3NO. The van der Waals surface area contributed by atoms with Crippen LogP contribution in [0.4, 0.5) is 13.2 Å². The molecule has 0 radical (unpaired) electrons. The molecule has 0 aliphatic carbocycles. The third-order valence-corrected chi connectivity index (χ3v) is 1.47. The maximum Gasteiger partial charge on any atom is 0.433 e. The lowest BCUT2D eigenvalue weighted by molar-refractivity contribution is -0.141. The molecular weight excluding hydrogens is 207 g/mol. The van der Waals surface area contributed by atoms with Gasteiger partial charge in [0.05, 0.1) is 6.42 Å². The summed E-state index contributed by atoms with van der Waals surface area (Å²) in [5, 5.41) is 0. The minimum Gasteiger partial charge on any atom is -0.302 e. The van der Waals surface area contributed by atoms with Gasteiger partial charge in [0, 0.05) is 11.8 Å². The van der Waals surface area contributed by atoms with Crippen molar-refractivity contribution in [2.45, 2.75) is 12.6 Å². The molecule has 0 amide bonds. The van der Waals surface area contributed by atoms with Gasteiger partial charge in [0.15, 0.2) is 0 Å². The first kappa shape index (κ1) is 11.2. The molecule has 0 saturated heterocycles. The van der Waals surface area contributed by atoms with Crippen molar-refractivity contribution in [1.82, 2.24) is 4.98 Å². The Balaban J connectivity index is 2.83. The molecule has 1 rings (SSSR count). The van der Waals surface area contributed by atoms with Crippen molar-refractivity contribution in [3.8, 4) is 11.8 Å². The summed E-state index contributed by atoms with van der Waals surface area (Å²) in [5.74, 6) is 4.98. The Hall–Kier alpha value is -1.83. The molecule has 0 atom stereocenters. The van der Waals surface area contributed by atoms with Crippen molar-refractivity contribution in [1.29, 1.82) is 0 Å². The number of halogens is 3. The average Bonchev–Trinajstić information content (AvgIpc) is 2.18. The molecule has 1 aromatic rings. The second-order valence-electron chi connectivity index (χ2n) is 2.60. The number of hydrogen-bond acceptors (Lipinski definition) is 2. The first-order valence-corrected chi connectivity index (χ1v) is 4.00. The number of alkyl halides is 3. The first-order valence-electron chi connectivity index (χ1n) is 4.00. The number of rotatable bonds is 1. The van der Waals surface area contributed by atoms with Crippen molar-refractivity contribution in [2.75, 3.05) is 0 Å². The van der Waals surface area contributed by atoms with E-state index < -0.39 is 11.9 Å². The predicted octanol–water partition coefficient (Wildman–Crippen LogP) is 2.04. The van der Waals surface area contributed by atoms with Crippen LogP contribution in [0.5, 0.6) is 0 Å². The second-order valence-corrected chi connectivity index (χ2v) is 2.60. The van der Waals surface area contributed by atoms with E-state index in [1.165, 1.54) is 6.07 Å². The van der Waals surface area contributed by atoms with Crippen LogP contribution in [-0.2, 0) is 11.0 Å². The lowest BCUT2D eigenvalue weighted by atomic mass is 10.2. The third kappa shape index (κ3) is 3.43. The van der Waals surface area contributed by atoms with Crippen LogP contribution in [0.3, 0.4) is 0 Å². The number of nitrogens with zero attached hydrogens (tertiary/aromatic N) is 1. The highest BCUT2D eigenvalue weighted by atomic mass is 19.4. The molecule has 2 nitrogen and oxygen atoms in total. The van der Waals surface area contributed by atoms with Gasteiger partial charge in [0.25, 0.3) is 0 Å². The summed E-state index contributed by atoms with van der Waals surface area (Å²) in [6, 6.07) is 2.07. The third-order valence-electron chi connectivity index (χ3n) is 1.47. The predicted molar refractivity (Wildman–Crippen MR) is 46.8 cm³/mol. The second kappa shape index (κ2) is 4.60. The Morgan fingerprint density at radius 1 is 1.40 bits per heavy atom. The fraction of sp³-hybridized carbons (Fsp3) is 0.200. The van der Waals surface area contributed by atoms with Crippen LogP contribution in [0, 0.1) is 11.8 Å². The molecule has 0 aliphatic heterocycles. The summed E-state index contributed by atoms with van der Waals surface area (Å²) in [6.45, 7) is 0. The summed E-state index contributed by atoms with van der Waals surface area (Å²) in [6.07, 6.45) is -2.74. The van der Waals surface area contributed by atoms with Gasteiger partial charge in [-0.15, -0.1) is 0 Å². The van der Waals surface area contributed by atoms with E-state index in [-0.39, 0.29) is 6.42 Å². The molecule has 78 valence electrons. The van der Waals surface area contributed by atoms with Gasteiger partial charge in [-0.25, -0.2) is 0 Å². The molecule has 0 N–H and O–H groups in total. The molecule has 0 bridgehead atoms. The Kier molecular flexibility index (Phi) is 3.45. The molecule has 1 heterocycles. The number of carbonyl (C=O) groups is 1. The lowest BCUT2D eigenvalue weighted by Gasteiger charge is -2.03. The molecule has 0 unspecified atom stereocenters. The van der Waals surface area contributed by atoms with Gasteiger partial charge in [-0.2, -0.15) is 13.2 Å². The van der Waals surface area contributed by atoms with Crippen molar-refractivity contribution >= 4 is 6.29 Å². The van der Waals surface area contributed by atoms with Gasteiger partial charge in [0.2, 0.25) is 0 Å². The van der Waals surface area contributed by atoms with Crippen molar-refractivity contribution in [2.24, 2.45) is 0 Å². The van der Waals surface area contributed by atoms with E-state index in [1.54, 1.807) is 0 Å². The maximum atomic E-state index is 12.1. The lowest BCUT2D eigenvalue weighted by Crippen LogP contribution is -2.07. The largest absolute Gasteiger partial charge is 0.433 e. The molecule has 0 aliphatic rings. The zero-order valence-corrected chi connectivity index (χ0v) is 7.51. The Morgan fingerprint density at radius 2 is 2.13 bits per heavy atom. The summed E-state index contributed by atoms with van der Waals surface area (Å²) in [5.41, 5.74) is -0.603. The van der Waals surface area contributed by atoms with Crippen LogP contribution >= 0.6 is 0 Å². The van der Waals surface area contributed by atoms with Crippen LogP contribution in [0.1, 0.15) is 17.7 Å². The maximum absolute atomic E-state index is 12.1.